The minimum atomic E-state index is -0.264. The number of carbonyl (C=O) groups is 2. The second kappa shape index (κ2) is 6.83. The van der Waals surface area contributed by atoms with Gasteiger partial charge in [0.1, 0.15) is 11.5 Å². The lowest BCUT2D eigenvalue weighted by atomic mass is 9.83. The van der Waals surface area contributed by atoms with Gasteiger partial charge in [-0.15, -0.1) is 5.10 Å². The summed E-state index contributed by atoms with van der Waals surface area (Å²) in [6.07, 6.45) is 2.53. The predicted octanol–water partition coefficient (Wildman–Crippen LogP) is 3.10. The van der Waals surface area contributed by atoms with Gasteiger partial charge in [-0.25, -0.2) is 4.52 Å². The van der Waals surface area contributed by atoms with Crippen molar-refractivity contribution < 1.29 is 14.3 Å². The van der Waals surface area contributed by atoms with Crippen LogP contribution in [0.5, 0.6) is 5.75 Å². The third kappa shape index (κ3) is 3.53. The fraction of sp³-hybridized carbons (Fsp3) is 0.300. The van der Waals surface area contributed by atoms with Gasteiger partial charge in [0.2, 0.25) is 11.9 Å². The van der Waals surface area contributed by atoms with Gasteiger partial charge < -0.3 is 4.74 Å². The molecule has 2 aromatic heterocycles. The Kier molecular flexibility index (Phi) is 4.35. The van der Waals surface area contributed by atoms with Gasteiger partial charge in [-0.05, 0) is 32.0 Å². The summed E-state index contributed by atoms with van der Waals surface area (Å²) in [5, 5.41) is 7.03. The maximum atomic E-state index is 12.1. The molecular formula is C20H20N4O3. The maximum Gasteiger partial charge on any atom is 0.249 e. The quantitative estimate of drug-likeness (QED) is 0.752. The fourth-order valence-corrected chi connectivity index (χ4v) is 3.04. The number of aromatic nitrogens is 3. The zero-order valence-electron chi connectivity index (χ0n) is 15.2. The number of pyridine rings is 1. The van der Waals surface area contributed by atoms with Crippen LogP contribution < -0.4 is 10.1 Å². The van der Waals surface area contributed by atoms with Crippen LogP contribution in [-0.4, -0.2) is 32.4 Å². The first-order valence-corrected chi connectivity index (χ1v) is 8.94. The number of amides is 1. The molecule has 1 amide bonds. The van der Waals surface area contributed by atoms with E-state index in [4.69, 9.17) is 4.74 Å². The molecule has 0 saturated heterocycles. The number of nitrogens with zero attached hydrogens (tertiary/aromatic N) is 3. The highest BCUT2D eigenvalue weighted by molar-refractivity contribution is 6.01. The Morgan fingerprint density at radius 2 is 2.00 bits per heavy atom. The number of hydrogen-bond donors (Lipinski definition) is 1. The third-order valence-corrected chi connectivity index (χ3v) is 4.45. The molecule has 7 heteroatoms. The Labute approximate surface area is 156 Å². The summed E-state index contributed by atoms with van der Waals surface area (Å²) in [7, 11) is 0. The van der Waals surface area contributed by atoms with E-state index in [2.05, 4.69) is 15.4 Å². The number of rotatable bonds is 5. The van der Waals surface area contributed by atoms with Crippen LogP contribution in [0.2, 0.25) is 0 Å². The molecule has 3 aromatic rings. The number of hydrogen-bond acceptors (Lipinski definition) is 5. The summed E-state index contributed by atoms with van der Waals surface area (Å²) in [6.45, 7) is 3.98. The fourth-order valence-electron chi connectivity index (χ4n) is 3.04. The van der Waals surface area contributed by atoms with Crippen LogP contribution in [0.1, 0.15) is 26.7 Å². The van der Waals surface area contributed by atoms with Crippen molar-refractivity contribution in [3.05, 3.63) is 42.6 Å². The first-order chi connectivity index (χ1) is 13.0. The van der Waals surface area contributed by atoms with E-state index in [0.717, 1.165) is 16.9 Å². The van der Waals surface area contributed by atoms with Crippen molar-refractivity contribution >= 4 is 23.3 Å². The molecule has 7 nitrogen and oxygen atoms in total. The Morgan fingerprint density at radius 1 is 1.22 bits per heavy atom. The highest BCUT2D eigenvalue weighted by Crippen LogP contribution is 2.30. The molecule has 1 fully saturated rings. The molecule has 4 rings (SSSR count). The summed E-state index contributed by atoms with van der Waals surface area (Å²) in [6, 6.07) is 11.6. The van der Waals surface area contributed by atoms with Crippen LogP contribution in [0.4, 0.5) is 5.95 Å². The monoisotopic (exact) mass is 364 g/mol. The summed E-state index contributed by atoms with van der Waals surface area (Å²) < 4.78 is 7.52. The molecule has 0 atom stereocenters. The van der Waals surface area contributed by atoms with Crippen LogP contribution in [0.3, 0.4) is 0 Å². The number of para-hydroxylation sites is 1. The number of benzene rings is 1. The third-order valence-electron chi connectivity index (χ3n) is 4.45. The van der Waals surface area contributed by atoms with Gasteiger partial charge in [0, 0.05) is 30.2 Å². The van der Waals surface area contributed by atoms with Crippen molar-refractivity contribution in [2.75, 3.05) is 5.32 Å². The van der Waals surface area contributed by atoms with Crippen molar-refractivity contribution in [1.82, 2.24) is 14.6 Å². The van der Waals surface area contributed by atoms with Crippen LogP contribution in [0, 0.1) is 5.92 Å². The second-order valence-corrected chi connectivity index (χ2v) is 6.95. The lowest BCUT2D eigenvalue weighted by molar-refractivity contribution is -0.135. The molecule has 0 spiro atoms. The van der Waals surface area contributed by atoms with E-state index in [9.17, 15) is 9.59 Å². The molecule has 0 unspecified atom stereocenters. The van der Waals surface area contributed by atoms with E-state index in [-0.39, 0.29) is 29.7 Å². The smallest absolute Gasteiger partial charge is 0.249 e. The molecule has 0 aliphatic heterocycles. The molecule has 1 aliphatic carbocycles. The number of carbonyl (C=O) groups excluding carboxylic acids is 2. The first-order valence-electron chi connectivity index (χ1n) is 8.94. The SMILES string of the molecule is CC(C)Oc1ccccc1-c1ccc2nc(NC(=O)C3CC(=O)C3)nn2c1. The van der Waals surface area contributed by atoms with Crippen molar-refractivity contribution in [3.63, 3.8) is 0 Å². The van der Waals surface area contributed by atoms with E-state index in [0.29, 0.717) is 18.5 Å². The minimum Gasteiger partial charge on any atom is -0.490 e. The maximum absolute atomic E-state index is 12.1. The van der Waals surface area contributed by atoms with E-state index in [1.807, 2.05) is 56.4 Å². The predicted molar refractivity (Wildman–Crippen MR) is 101 cm³/mol. The van der Waals surface area contributed by atoms with Gasteiger partial charge >= 0.3 is 0 Å². The molecule has 1 saturated carbocycles. The van der Waals surface area contributed by atoms with Gasteiger partial charge in [-0.3, -0.25) is 14.9 Å². The van der Waals surface area contributed by atoms with Gasteiger partial charge in [0.25, 0.3) is 0 Å². The number of nitrogens with one attached hydrogen (secondary N) is 1. The Bertz CT molecular complexity index is 1020. The van der Waals surface area contributed by atoms with Crippen molar-refractivity contribution in [3.8, 4) is 16.9 Å². The second-order valence-electron chi connectivity index (χ2n) is 6.95. The molecule has 0 bridgehead atoms. The number of fused-ring (bicyclic) bond motifs is 1. The zero-order chi connectivity index (χ0) is 19.0. The largest absolute Gasteiger partial charge is 0.490 e. The number of ketones is 1. The van der Waals surface area contributed by atoms with Crippen LogP contribution in [-0.2, 0) is 9.59 Å². The highest BCUT2D eigenvalue weighted by atomic mass is 16.5. The standard InChI is InChI=1S/C20H20N4O3/c1-12(2)27-17-6-4-3-5-16(17)13-7-8-18-21-20(23-24(18)11-13)22-19(26)14-9-15(25)10-14/h3-8,11-12,14H,9-10H2,1-2H3,(H,22,23,26). The lowest BCUT2D eigenvalue weighted by Crippen LogP contribution is -2.34. The molecule has 1 N–H and O–H groups in total. The number of Topliss-reactive ketones (excluding diaryl/α,β-unsaturated/α-hetero) is 1. The summed E-state index contributed by atoms with van der Waals surface area (Å²) in [5.41, 5.74) is 2.52. The lowest BCUT2D eigenvalue weighted by Gasteiger charge is -2.21. The first kappa shape index (κ1) is 17.2. The van der Waals surface area contributed by atoms with Gasteiger partial charge in [-0.1, -0.05) is 18.2 Å². The molecule has 138 valence electrons. The van der Waals surface area contributed by atoms with Crippen LogP contribution in [0.25, 0.3) is 16.8 Å². The topological polar surface area (TPSA) is 85.6 Å². The van der Waals surface area contributed by atoms with E-state index < -0.39 is 0 Å². The van der Waals surface area contributed by atoms with E-state index in [1.54, 1.807) is 4.52 Å². The Balaban J connectivity index is 1.60. The van der Waals surface area contributed by atoms with E-state index in [1.165, 1.54) is 0 Å². The minimum absolute atomic E-state index is 0.0708. The Hall–Kier alpha value is -3.22. The van der Waals surface area contributed by atoms with Crippen molar-refractivity contribution in [1.29, 1.82) is 0 Å². The molecular weight excluding hydrogens is 344 g/mol. The van der Waals surface area contributed by atoms with Gasteiger partial charge in [0.15, 0.2) is 5.65 Å². The summed E-state index contributed by atoms with van der Waals surface area (Å²) >= 11 is 0. The molecule has 0 radical (unpaired) electrons. The molecule has 2 heterocycles. The van der Waals surface area contributed by atoms with Crippen LogP contribution in [0.15, 0.2) is 42.6 Å². The Morgan fingerprint density at radius 3 is 2.74 bits per heavy atom. The molecule has 27 heavy (non-hydrogen) atoms. The van der Waals surface area contributed by atoms with Gasteiger partial charge in [0.05, 0.1) is 12.0 Å². The summed E-state index contributed by atoms with van der Waals surface area (Å²) in [5.74, 6) is 0.685. The van der Waals surface area contributed by atoms with Gasteiger partial charge in [-0.2, -0.15) is 4.98 Å². The molecule has 1 aromatic carbocycles. The normalized spacial score (nSPS) is 14.4. The van der Waals surface area contributed by atoms with Crippen molar-refractivity contribution in [2.24, 2.45) is 5.92 Å². The zero-order valence-corrected chi connectivity index (χ0v) is 15.2. The average molecular weight is 364 g/mol. The average Bonchev–Trinajstić information content (AvgIpc) is 3.00. The van der Waals surface area contributed by atoms with E-state index >= 15 is 0 Å². The number of anilines is 1. The highest BCUT2D eigenvalue weighted by Gasteiger charge is 2.33. The number of ether oxygens (including phenoxy) is 1. The summed E-state index contributed by atoms with van der Waals surface area (Å²) in [4.78, 5) is 27.5. The van der Waals surface area contributed by atoms with Crippen molar-refractivity contribution in [2.45, 2.75) is 32.8 Å². The van der Waals surface area contributed by atoms with Crippen LogP contribution >= 0.6 is 0 Å². The molecule has 1 aliphatic rings.